The number of halogens is 1. The topological polar surface area (TPSA) is 92.4 Å². The van der Waals surface area contributed by atoms with Crippen molar-refractivity contribution in [3.05, 3.63) is 59.4 Å². The summed E-state index contributed by atoms with van der Waals surface area (Å²) < 4.78 is 39.6. The van der Waals surface area contributed by atoms with Gasteiger partial charge >= 0.3 is 0 Å². The molecule has 5 nitrogen and oxygen atoms in total. The van der Waals surface area contributed by atoms with Crippen molar-refractivity contribution in [1.82, 2.24) is 4.72 Å². The second-order valence-corrected chi connectivity index (χ2v) is 6.22. The molecule has 0 aliphatic carbocycles. The highest BCUT2D eigenvalue weighted by atomic mass is 32.2. The van der Waals surface area contributed by atoms with E-state index in [-0.39, 0.29) is 23.7 Å². The summed E-state index contributed by atoms with van der Waals surface area (Å²) in [4.78, 5) is -0.165. The smallest absolute Gasteiger partial charge is 0.242 e. The number of aliphatic hydroxyl groups is 1. The predicted octanol–water partition coefficient (Wildman–Crippen LogP) is 1.38. The van der Waals surface area contributed by atoms with Crippen LogP contribution in [-0.4, -0.2) is 13.5 Å². The highest BCUT2D eigenvalue weighted by Crippen LogP contribution is 2.19. The first-order valence-electron chi connectivity index (χ1n) is 6.16. The summed E-state index contributed by atoms with van der Waals surface area (Å²) in [6.07, 6.45) is 0. The van der Waals surface area contributed by atoms with E-state index < -0.39 is 15.8 Å². The van der Waals surface area contributed by atoms with Gasteiger partial charge in [-0.05, 0) is 29.3 Å². The zero-order chi connectivity index (χ0) is 15.5. The summed E-state index contributed by atoms with van der Waals surface area (Å²) in [7, 11) is -3.83. The number of aliphatic hydroxyl groups excluding tert-OH is 1. The van der Waals surface area contributed by atoms with Crippen LogP contribution in [0, 0.1) is 5.82 Å². The van der Waals surface area contributed by atoms with E-state index >= 15 is 0 Å². The van der Waals surface area contributed by atoms with Gasteiger partial charge in [-0.3, -0.25) is 0 Å². The van der Waals surface area contributed by atoms with Crippen molar-refractivity contribution in [1.29, 1.82) is 0 Å². The lowest BCUT2D eigenvalue weighted by Gasteiger charge is -2.09. The Hall–Kier alpha value is -1.96. The lowest BCUT2D eigenvalue weighted by Crippen LogP contribution is -2.24. The van der Waals surface area contributed by atoms with Gasteiger partial charge in [0.15, 0.2) is 0 Å². The fourth-order valence-electron chi connectivity index (χ4n) is 1.86. The summed E-state index contributed by atoms with van der Waals surface area (Å²) >= 11 is 0. The van der Waals surface area contributed by atoms with Gasteiger partial charge in [-0.25, -0.2) is 17.5 Å². The molecule has 0 spiro atoms. The van der Waals surface area contributed by atoms with Gasteiger partial charge in [-0.2, -0.15) is 0 Å². The minimum atomic E-state index is -3.83. The average Bonchev–Trinajstić information content (AvgIpc) is 2.45. The van der Waals surface area contributed by atoms with E-state index in [0.717, 1.165) is 18.2 Å². The normalized spacial score (nSPS) is 11.5. The van der Waals surface area contributed by atoms with Crippen LogP contribution in [0.5, 0.6) is 0 Å². The van der Waals surface area contributed by atoms with Crippen LogP contribution in [0.1, 0.15) is 11.1 Å². The molecule has 0 bridgehead atoms. The molecule has 0 aromatic heterocycles. The maximum absolute atomic E-state index is 13.0. The number of anilines is 1. The van der Waals surface area contributed by atoms with Gasteiger partial charge < -0.3 is 10.8 Å². The molecule has 0 unspecified atom stereocenters. The summed E-state index contributed by atoms with van der Waals surface area (Å²) in [5, 5.41) is 9.04. The minimum absolute atomic E-state index is 0.0486. The number of rotatable bonds is 5. The third kappa shape index (κ3) is 3.78. The molecule has 0 aliphatic rings. The Morgan fingerprint density at radius 2 is 1.86 bits per heavy atom. The van der Waals surface area contributed by atoms with Gasteiger partial charge in [-0.15, -0.1) is 0 Å². The number of benzene rings is 2. The SMILES string of the molecule is Nc1cc(F)ccc1S(=O)(=O)NCc1cccc(CO)c1. The van der Waals surface area contributed by atoms with E-state index in [1.165, 1.54) is 0 Å². The van der Waals surface area contributed by atoms with Gasteiger partial charge in [-0.1, -0.05) is 24.3 Å². The highest BCUT2D eigenvalue weighted by molar-refractivity contribution is 7.89. The van der Waals surface area contributed by atoms with E-state index in [9.17, 15) is 12.8 Å². The summed E-state index contributed by atoms with van der Waals surface area (Å²) in [5.74, 6) is -0.595. The zero-order valence-electron chi connectivity index (χ0n) is 11.1. The molecular formula is C14H15FN2O3S. The van der Waals surface area contributed by atoms with Crippen LogP contribution in [0.3, 0.4) is 0 Å². The third-order valence-corrected chi connectivity index (χ3v) is 4.38. The van der Waals surface area contributed by atoms with Crippen LogP contribution < -0.4 is 10.5 Å². The first kappa shape index (κ1) is 15.4. The Labute approximate surface area is 122 Å². The molecule has 2 aromatic rings. The molecule has 0 heterocycles. The number of hydrogen-bond donors (Lipinski definition) is 3. The molecule has 0 aliphatic heterocycles. The Bertz CT molecular complexity index is 748. The minimum Gasteiger partial charge on any atom is -0.398 e. The van der Waals surface area contributed by atoms with Gasteiger partial charge in [0.2, 0.25) is 10.0 Å². The van der Waals surface area contributed by atoms with Crippen molar-refractivity contribution in [2.45, 2.75) is 18.0 Å². The second-order valence-electron chi connectivity index (χ2n) is 4.48. The molecule has 2 aromatic carbocycles. The molecule has 2 rings (SSSR count). The molecule has 0 fully saturated rings. The maximum atomic E-state index is 13.0. The first-order valence-corrected chi connectivity index (χ1v) is 7.64. The maximum Gasteiger partial charge on any atom is 0.242 e. The largest absolute Gasteiger partial charge is 0.398 e. The number of nitrogens with one attached hydrogen (secondary N) is 1. The molecule has 0 amide bonds. The molecule has 7 heteroatoms. The molecule has 0 atom stereocenters. The van der Waals surface area contributed by atoms with E-state index in [0.29, 0.717) is 11.1 Å². The lowest BCUT2D eigenvalue weighted by molar-refractivity contribution is 0.281. The molecular weight excluding hydrogens is 295 g/mol. The summed E-state index contributed by atoms with van der Waals surface area (Å²) in [6.45, 7) is -0.0709. The summed E-state index contributed by atoms with van der Waals surface area (Å²) in [6, 6.07) is 10.00. The van der Waals surface area contributed by atoms with Crippen molar-refractivity contribution in [3.8, 4) is 0 Å². The quantitative estimate of drug-likeness (QED) is 0.727. The van der Waals surface area contributed by atoms with Gasteiger partial charge in [0.1, 0.15) is 10.7 Å². The van der Waals surface area contributed by atoms with Crippen LogP contribution in [0.4, 0.5) is 10.1 Å². The van der Waals surface area contributed by atoms with Crippen molar-refractivity contribution in [2.24, 2.45) is 0 Å². The van der Waals surface area contributed by atoms with Crippen molar-refractivity contribution < 1.29 is 17.9 Å². The van der Waals surface area contributed by atoms with Crippen molar-refractivity contribution >= 4 is 15.7 Å². The van der Waals surface area contributed by atoms with Crippen LogP contribution in [0.15, 0.2) is 47.4 Å². The van der Waals surface area contributed by atoms with Crippen LogP contribution in [0.25, 0.3) is 0 Å². The van der Waals surface area contributed by atoms with Crippen LogP contribution >= 0.6 is 0 Å². The van der Waals surface area contributed by atoms with E-state index in [4.69, 9.17) is 10.8 Å². The first-order chi connectivity index (χ1) is 9.92. The van der Waals surface area contributed by atoms with E-state index in [1.807, 2.05) is 0 Å². The highest BCUT2D eigenvalue weighted by Gasteiger charge is 2.17. The standard InChI is InChI=1S/C14H15FN2O3S/c15-12-4-5-14(13(16)7-12)21(19,20)17-8-10-2-1-3-11(6-10)9-18/h1-7,17-18H,8-9,16H2. The number of nitrogens with two attached hydrogens (primary N) is 1. The Morgan fingerprint density at radius 1 is 1.14 bits per heavy atom. The van der Waals surface area contributed by atoms with Crippen molar-refractivity contribution in [2.75, 3.05) is 5.73 Å². The molecule has 0 saturated carbocycles. The molecule has 0 saturated heterocycles. The third-order valence-electron chi connectivity index (χ3n) is 2.90. The van der Waals surface area contributed by atoms with Crippen molar-refractivity contribution in [3.63, 3.8) is 0 Å². The summed E-state index contributed by atoms with van der Waals surface area (Å²) in [5.41, 5.74) is 6.77. The van der Waals surface area contributed by atoms with E-state index in [2.05, 4.69) is 4.72 Å². The van der Waals surface area contributed by atoms with E-state index in [1.54, 1.807) is 24.3 Å². The van der Waals surface area contributed by atoms with Gasteiger partial charge in [0.05, 0.1) is 12.3 Å². The zero-order valence-corrected chi connectivity index (χ0v) is 11.9. The van der Waals surface area contributed by atoms with Crippen LogP contribution in [0.2, 0.25) is 0 Å². The van der Waals surface area contributed by atoms with Crippen LogP contribution in [-0.2, 0) is 23.2 Å². The number of nitrogen functional groups attached to an aromatic ring is 1. The fraction of sp³-hybridized carbons (Fsp3) is 0.143. The average molecular weight is 310 g/mol. The molecule has 21 heavy (non-hydrogen) atoms. The fourth-order valence-corrected chi connectivity index (χ4v) is 2.99. The predicted molar refractivity (Wildman–Crippen MR) is 77.2 cm³/mol. The molecule has 4 N–H and O–H groups in total. The number of hydrogen-bond acceptors (Lipinski definition) is 4. The molecule has 0 radical (unpaired) electrons. The molecule has 112 valence electrons. The second kappa shape index (κ2) is 6.21. The monoisotopic (exact) mass is 310 g/mol. The van der Waals surface area contributed by atoms with Gasteiger partial charge in [0.25, 0.3) is 0 Å². The Balaban J connectivity index is 2.17. The lowest BCUT2D eigenvalue weighted by atomic mass is 10.1. The Morgan fingerprint density at radius 3 is 2.52 bits per heavy atom. The number of sulfonamides is 1. The Kier molecular flexibility index (Phi) is 4.56. The van der Waals surface area contributed by atoms with Gasteiger partial charge in [0, 0.05) is 6.54 Å².